The average molecular weight is 443 g/mol. The van der Waals surface area contributed by atoms with E-state index >= 15 is 0 Å². The number of rotatable bonds is 8. The van der Waals surface area contributed by atoms with Crippen LogP contribution in [0.2, 0.25) is 10.0 Å². The van der Waals surface area contributed by atoms with Crippen molar-refractivity contribution in [2.45, 2.75) is 13.0 Å². The number of halogens is 2. The highest BCUT2D eigenvalue weighted by Gasteiger charge is 2.29. The molecule has 2 aromatic rings. The second-order valence-corrected chi connectivity index (χ2v) is 8.71. The molecule has 0 fully saturated rings. The second kappa shape index (κ2) is 9.32. The topological polar surface area (TPSA) is 75.7 Å². The van der Waals surface area contributed by atoms with E-state index in [1.54, 1.807) is 30.3 Å². The van der Waals surface area contributed by atoms with Crippen LogP contribution in [0.1, 0.15) is 6.92 Å². The fraction of sp³-hybridized carbons (Fsp3) is 0.211. The van der Waals surface area contributed by atoms with Gasteiger partial charge in [-0.25, -0.2) is 8.42 Å². The van der Waals surface area contributed by atoms with Crippen LogP contribution >= 0.6 is 23.2 Å². The van der Waals surface area contributed by atoms with Gasteiger partial charge in [0.05, 0.1) is 11.9 Å². The number of nitrogens with zero attached hydrogens (tertiary/aromatic N) is 1. The van der Waals surface area contributed by atoms with Gasteiger partial charge in [-0.05, 0) is 37.3 Å². The molecule has 1 N–H and O–H groups in total. The first-order valence-electron chi connectivity index (χ1n) is 8.22. The largest absolute Gasteiger partial charge is 0.489 e. The summed E-state index contributed by atoms with van der Waals surface area (Å²) < 4.78 is 31.1. The summed E-state index contributed by atoms with van der Waals surface area (Å²) in [5.41, 5.74) is 0.668. The zero-order valence-electron chi connectivity index (χ0n) is 15.4. The van der Waals surface area contributed by atoms with Gasteiger partial charge in [-0.15, -0.1) is 0 Å². The van der Waals surface area contributed by atoms with E-state index in [9.17, 15) is 13.2 Å². The minimum Gasteiger partial charge on any atom is -0.489 e. The van der Waals surface area contributed by atoms with Gasteiger partial charge < -0.3 is 10.1 Å². The number of hydrogen-bond acceptors (Lipinski definition) is 4. The molecule has 9 heteroatoms. The van der Waals surface area contributed by atoms with Crippen molar-refractivity contribution in [1.29, 1.82) is 0 Å². The van der Waals surface area contributed by atoms with E-state index in [4.69, 9.17) is 27.9 Å². The van der Waals surface area contributed by atoms with E-state index in [2.05, 4.69) is 11.9 Å². The Morgan fingerprint density at radius 2 is 1.89 bits per heavy atom. The van der Waals surface area contributed by atoms with Crippen LogP contribution < -0.4 is 14.4 Å². The van der Waals surface area contributed by atoms with E-state index in [0.29, 0.717) is 18.0 Å². The van der Waals surface area contributed by atoms with Crippen molar-refractivity contribution in [2.24, 2.45) is 0 Å². The molecule has 0 spiro atoms. The molecule has 150 valence electrons. The zero-order chi connectivity index (χ0) is 20.9. The lowest BCUT2D eigenvalue weighted by molar-refractivity contribution is -0.116. The number of sulfonamides is 1. The molecule has 2 rings (SSSR count). The van der Waals surface area contributed by atoms with Gasteiger partial charge in [-0.1, -0.05) is 41.9 Å². The Labute approximate surface area is 174 Å². The number of hydrogen-bond donors (Lipinski definition) is 1. The molecule has 28 heavy (non-hydrogen) atoms. The Bertz CT molecular complexity index is 959. The summed E-state index contributed by atoms with van der Waals surface area (Å²) in [6.07, 6.45) is 2.61. The first-order chi connectivity index (χ1) is 13.1. The van der Waals surface area contributed by atoms with Crippen LogP contribution in [0, 0.1) is 0 Å². The van der Waals surface area contributed by atoms with Gasteiger partial charge in [0.2, 0.25) is 15.9 Å². The molecule has 1 unspecified atom stereocenters. The first kappa shape index (κ1) is 22.1. The molecule has 0 saturated carbocycles. The summed E-state index contributed by atoms with van der Waals surface area (Å²) in [6, 6.07) is 10.0. The molecule has 0 radical (unpaired) electrons. The maximum Gasteiger partial charge on any atom is 0.247 e. The number of carbonyl (C=O) groups is 1. The van der Waals surface area contributed by atoms with Gasteiger partial charge >= 0.3 is 0 Å². The molecule has 0 bridgehead atoms. The molecule has 1 amide bonds. The van der Waals surface area contributed by atoms with E-state index in [1.165, 1.54) is 25.1 Å². The van der Waals surface area contributed by atoms with E-state index in [-0.39, 0.29) is 15.7 Å². The number of anilines is 2. The smallest absolute Gasteiger partial charge is 0.247 e. The molecule has 0 aromatic heterocycles. The lowest BCUT2D eigenvalue weighted by Gasteiger charge is -2.28. The molecular weight excluding hydrogens is 423 g/mol. The first-order valence-corrected chi connectivity index (χ1v) is 10.8. The lowest BCUT2D eigenvalue weighted by Crippen LogP contribution is -2.45. The minimum atomic E-state index is -3.79. The Hall–Kier alpha value is -2.22. The van der Waals surface area contributed by atoms with Crippen molar-refractivity contribution in [1.82, 2.24) is 0 Å². The van der Waals surface area contributed by atoms with Crippen LogP contribution in [-0.4, -0.2) is 33.2 Å². The third kappa shape index (κ3) is 5.89. The molecule has 0 aliphatic heterocycles. The Morgan fingerprint density at radius 3 is 2.46 bits per heavy atom. The summed E-state index contributed by atoms with van der Waals surface area (Å²) in [7, 11) is -3.79. The van der Waals surface area contributed by atoms with E-state index in [1.807, 2.05) is 0 Å². The quantitative estimate of drug-likeness (QED) is 0.616. The van der Waals surface area contributed by atoms with Crippen LogP contribution in [0.15, 0.2) is 55.1 Å². The molecule has 6 nitrogen and oxygen atoms in total. The van der Waals surface area contributed by atoms with Crippen molar-refractivity contribution >= 4 is 50.5 Å². The third-order valence-corrected chi connectivity index (χ3v) is 5.34. The van der Waals surface area contributed by atoms with Crippen LogP contribution in [0.4, 0.5) is 11.4 Å². The van der Waals surface area contributed by atoms with Crippen LogP contribution in [-0.2, 0) is 14.8 Å². The Morgan fingerprint density at radius 1 is 1.25 bits per heavy atom. The number of benzene rings is 2. The monoisotopic (exact) mass is 442 g/mol. The summed E-state index contributed by atoms with van der Waals surface area (Å²) >= 11 is 12.0. The van der Waals surface area contributed by atoms with Crippen LogP contribution in [0.5, 0.6) is 5.75 Å². The lowest BCUT2D eigenvalue weighted by atomic mass is 10.2. The standard InChI is InChI=1S/C19H20Cl2N2O4S/c1-4-8-27-18-7-5-6-16(12-18)22-19(24)13(2)23(28(3,25)26)17-10-14(20)9-15(21)11-17/h4-7,9-13H,1,8H2,2-3H3,(H,22,24). The number of ether oxygens (including phenoxy) is 1. The molecule has 1 atom stereocenters. The maximum absolute atomic E-state index is 12.7. The fourth-order valence-electron chi connectivity index (χ4n) is 2.54. The number of carbonyl (C=O) groups excluding carboxylic acids is 1. The van der Waals surface area contributed by atoms with Gasteiger partial charge in [0.25, 0.3) is 0 Å². The predicted molar refractivity (Wildman–Crippen MR) is 114 cm³/mol. The zero-order valence-corrected chi connectivity index (χ0v) is 17.7. The van der Waals surface area contributed by atoms with E-state index < -0.39 is 22.0 Å². The van der Waals surface area contributed by atoms with Crippen LogP contribution in [0.3, 0.4) is 0 Å². The Balaban J connectivity index is 2.28. The van der Waals surface area contributed by atoms with Gasteiger partial charge in [0, 0.05) is 21.8 Å². The van der Waals surface area contributed by atoms with Crippen LogP contribution in [0.25, 0.3) is 0 Å². The Kier molecular flexibility index (Phi) is 7.35. The SMILES string of the molecule is C=CCOc1cccc(NC(=O)C(C)N(c2cc(Cl)cc(Cl)c2)S(C)(=O)=O)c1. The number of nitrogens with one attached hydrogen (secondary N) is 1. The second-order valence-electron chi connectivity index (χ2n) is 5.98. The van der Waals surface area contributed by atoms with Crippen molar-refractivity contribution < 1.29 is 17.9 Å². The fourth-order valence-corrected chi connectivity index (χ4v) is 4.21. The normalized spacial score (nSPS) is 12.1. The average Bonchev–Trinajstić information content (AvgIpc) is 2.58. The highest BCUT2D eigenvalue weighted by Crippen LogP contribution is 2.29. The molecule has 0 saturated heterocycles. The molecule has 0 aliphatic carbocycles. The van der Waals surface area contributed by atoms with Gasteiger partial charge in [-0.3, -0.25) is 9.10 Å². The molecular formula is C19H20Cl2N2O4S. The number of amides is 1. The van der Waals surface area contributed by atoms with Crippen molar-refractivity contribution in [3.63, 3.8) is 0 Å². The summed E-state index contributed by atoms with van der Waals surface area (Å²) in [4.78, 5) is 12.7. The van der Waals surface area contributed by atoms with E-state index in [0.717, 1.165) is 10.6 Å². The van der Waals surface area contributed by atoms with Gasteiger partial charge in [-0.2, -0.15) is 0 Å². The highest BCUT2D eigenvalue weighted by molar-refractivity contribution is 7.92. The third-order valence-electron chi connectivity index (χ3n) is 3.66. The summed E-state index contributed by atoms with van der Waals surface area (Å²) in [6.45, 7) is 5.38. The van der Waals surface area contributed by atoms with Crippen molar-refractivity contribution in [3.05, 3.63) is 65.2 Å². The highest BCUT2D eigenvalue weighted by atomic mass is 35.5. The molecule has 0 aliphatic rings. The molecule has 0 heterocycles. The summed E-state index contributed by atoms with van der Waals surface area (Å²) in [5.74, 6) is 0.0225. The maximum atomic E-state index is 12.7. The van der Waals surface area contributed by atoms with Crippen molar-refractivity contribution in [3.8, 4) is 5.75 Å². The van der Waals surface area contributed by atoms with Gasteiger partial charge in [0.15, 0.2) is 0 Å². The van der Waals surface area contributed by atoms with Gasteiger partial charge in [0.1, 0.15) is 18.4 Å². The minimum absolute atomic E-state index is 0.200. The molecule has 2 aromatic carbocycles. The summed E-state index contributed by atoms with van der Waals surface area (Å²) in [5, 5.41) is 3.21. The predicted octanol–water partition coefficient (Wildman–Crippen LogP) is 4.35. The van der Waals surface area contributed by atoms with Crippen molar-refractivity contribution in [2.75, 3.05) is 22.5 Å².